The maximum atomic E-state index is 5.72. The van der Waals surface area contributed by atoms with Crippen molar-refractivity contribution < 1.29 is 9.47 Å². The number of aromatic nitrogens is 3. The molecule has 0 unspecified atom stereocenters. The van der Waals surface area contributed by atoms with Gasteiger partial charge in [-0.25, -0.2) is 0 Å². The Balaban J connectivity index is 2.25. The lowest BCUT2D eigenvalue weighted by atomic mass is 10.0. The van der Waals surface area contributed by atoms with Gasteiger partial charge in [-0.15, -0.1) is 4.98 Å². The van der Waals surface area contributed by atoms with Crippen molar-refractivity contribution in [2.75, 3.05) is 19.0 Å². The van der Waals surface area contributed by atoms with Gasteiger partial charge in [0.1, 0.15) is 5.75 Å². The fraction of sp³-hybridized carbons (Fsp3) is 0.400. The maximum Gasteiger partial charge on any atom is 0.330 e. The topological polar surface area (TPSA) is 69.2 Å². The summed E-state index contributed by atoms with van der Waals surface area (Å²) in [5.74, 6) is 1.53. The molecule has 6 nitrogen and oxygen atoms in total. The van der Waals surface area contributed by atoms with E-state index in [1.54, 1.807) is 7.05 Å². The van der Waals surface area contributed by atoms with Gasteiger partial charge in [-0.3, -0.25) is 0 Å². The summed E-state index contributed by atoms with van der Waals surface area (Å²) in [6, 6.07) is 8.32. The summed E-state index contributed by atoms with van der Waals surface area (Å²) < 4.78 is 11.0. The Hall–Kier alpha value is -2.37. The van der Waals surface area contributed by atoms with Gasteiger partial charge in [0, 0.05) is 7.05 Å². The molecule has 0 aliphatic heterocycles. The lowest BCUT2D eigenvalue weighted by Gasteiger charge is -2.10. The molecule has 1 N–H and O–H groups in total. The molecular weight excluding hydrogens is 268 g/mol. The van der Waals surface area contributed by atoms with Gasteiger partial charge in [0.15, 0.2) is 0 Å². The van der Waals surface area contributed by atoms with Crippen LogP contribution < -0.4 is 14.8 Å². The Morgan fingerprint density at radius 1 is 1.14 bits per heavy atom. The SMILES string of the molecule is CCOc1nc(NC)nc(Oc2cccc(C(C)C)c2)n1. The van der Waals surface area contributed by atoms with E-state index in [-0.39, 0.29) is 12.0 Å². The first-order chi connectivity index (χ1) is 10.1. The molecule has 0 amide bonds. The highest BCUT2D eigenvalue weighted by molar-refractivity contribution is 5.33. The molecule has 2 aromatic rings. The quantitative estimate of drug-likeness (QED) is 0.880. The van der Waals surface area contributed by atoms with E-state index in [1.165, 1.54) is 5.56 Å². The third kappa shape index (κ3) is 4.05. The minimum Gasteiger partial charge on any atom is -0.464 e. The second-order valence-corrected chi connectivity index (χ2v) is 4.74. The first-order valence-corrected chi connectivity index (χ1v) is 6.96. The van der Waals surface area contributed by atoms with Gasteiger partial charge < -0.3 is 14.8 Å². The van der Waals surface area contributed by atoms with E-state index in [4.69, 9.17) is 9.47 Å². The molecule has 0 aliphatic carbocycles. The van der Waals surface area contributed by atoms with Crippen molar-refractivity contribution in [3.63, 3.8) is 0 Å². The predicted octanol–water partition coefficient (Wildman–Crippen LogP) is 3.23. The number of hydrogen-bond acceptors (Lipinski definition) is 6. The van der Waals surface area contributed by atoms with E-state index in [2.05, 4.69) is 40.2 Å². The van der Waals surface area contributed by atoms with Crippen LogP contribution in [0.1, 0.15) is 32.3 Å². The molecular formula is C15H20N4O2. The lowest BCUT2D eigenvalue weighted by molar-refractivity contribution is 0.304. The highest BCUT2D eigenvalue weighted by Crippen LogP contribution is 2.24. The minimum atomic E-state index is 0.207. The van der Waals surface area contributed by atoms with E-state index in [9.17, 15) is 0 Å². The molecule has 0 saturated heterocycles. The molecule has 0 bridgehead atoms. The minimum absolute atomic E-state index is 0.207. The van der Waals surface area contributed by atoms with E-state index < -0.39 is 0 Å². The number of rotatable bonds is 6. The van der Waals surface area contributed by atoms with Gasteiger partial charge in [0.25, 0.3) is 0 Å². The molecule has 0 aliphatic rings. The average molecular weight is 288 g/mol. The summed E-state index contributed by atoms with van der Waals surface area (Å²) in [4.78, 5) is 12.4. The van der Waals surface area contributed by atoms with Crippen LogP contribution in [0, 0.1) is 0 Å². The lowest BCUT2D eigenvalue weighted by Crippen LogP contribution is -2.05. The molecule has 112 valence electrons. The average Bonchev–Trinajstić information content (AvgIpc) is 2.47. The van der Waals surface area contributed by atoms with Crippen molar-refractivity contribution in [3.05, 3.63) is 29.8 Å². The normalized spacial score (nSPS) is 10.5. The molecule has 0 saturated carbocycles. The largest absolute Gasteiger partial charge is 0.464 e. The van der Waals surface area contributed by atoms with E-state index in [1.807, 2.05) is 25.1 Å². The molecule has 2 rings (SSSR count). The molecule has 21 heavy (non-hydrogen) atoms. The molecule has 6 heteroatoms. The van der Waals surface area contributed by atoms with Crippen LogP contribution in [0.4, 0.5) is 5.95 Å². The van der Waals surface area contributed by atoms with Crippen LogP contribution in [0.2, 0.25) is 0 Å². The molecule has 1 aromatic heterocycles. The van der Waals surface area contributed by atoms with Gasteiger partial charge in [-0.05, 0) is 30.5 Å². The van der Waals surface area contributed by atoms with Crippen LogP contribution in [-0.2, 0) is 0 Å². The molecule has 0 spiro atoms. The Morgan fingerprint density at radius 3 is 2.57 bits per heavy atom. The summed E-state index contributed by atoms with van der Waals surface area (Å²) in [6.45, 7) is 6.62. The third-order valence-electron chi connectivity index (χ3n) is 2.83. The van der Waals surface area contributed by atoms with Crippen LogP contribution in [0.5, 0.6) is 17.8 Å². The number of nitrogens with zero attached hydrogens (tertiary/aromatic N) is 3. The van der Waals surface area contributed by atoms with Crippen molar-refractivity contribution in [3.8, 4) is 17.8 Å². The standard InChI is InChI=1S/C15H20N4O2/c1-5-20-14-17-13(16-4)18-15(19-14)21-12-8-6-7-11(9-12)10(2)3/h6-10H,5H2,1-4H3,(H,16,17,18,19). The van der Waals surface area contributed by atoms with Gasteiger partial charge in [-0.2, -0.15) is 9.97 Å². The van der Waals surface area contributed by atoms with Crippen molar-refractivity contribution in [1.82, 2.24) is 15.0 Å². The van der Waals surface area contributed by atoms with Crippen LogP contribution in [0.15, 0.2) is 24.3 Å². The van der Waals surface area contributed by atoms with E-state index >= 15 is 0 Å². The Labute approximate surface area is 124 Å². The fourth-order valence-electron chi connectivity index (χ4n) is 1.73. The predicted molar refractivity (Wildman–Crippen MR) is 81.1 cm³/mol. The maximum absolute atomic E-state index is 5.72. The summed E-state index contributed by atoms with van der Waals surface area (Å²) in [6.07, 6.45) is 0. The van der Waals surface area contributed by atoms with Crippen LogP contribution in [0.25, 0.3) is 0 Å². The van der Waals surface area contributed by atoms with Gasteiger partial charge in [0.05, 0.1) is 6.61 Å². The third-order valence-corrected chi connectivity index (χ3v) is 2.83. The van der Waals surface area contributed by atoms with E-state index in [0.717, 1.165) is 0 Å². The molecule has 1 heterocycles. The molecule has 0 atom stereocenters. The van der Waals surface area contributed by atoms with Gasteiger partial charge >= 0.3 is 12.0 Å². The monoisotopic (exact) mass is 288 g/mol. The second kappa shape index (κ2) is 6.88. The fourth-order valence-corrected chi connectivity index (χ4v) is 1.73. The molecule has 1 aromatic carbocycles. The van der Waals surface area contributed by atoms with Gasteiger partial charge in [-0.1, -0.05) is 26.0 Å². The zero-order chi connectivity index (χ0) is 15.2. The summed E-state index contributed by atoms with van der Waals surface area (Å²) in [5, 5.41) is 2.86. The van der Waals surface area contributed by atoms with Crippen molar-refractivity contribution >= 4 is 5.95 Å². The van der Waals surface area contributed by atoms with Crippen LogP contribution in [-0.4, -0.2) is 28.6 Å². The zero-order valence-corrected chi connectivity index (χ0v) is 12.8. The Morgan fingerprint density at radius 2 is 1.90 bits per heavy atom. The molecule has 0 fully saturated rings. The summed E-state index contributed by atoms with van der Waals surface area (Å²) in [5.41, 5.74) is 1.19. The highest BCUT2D eigenvalue weighted by Gasteiger charge is 2.09. The van der Waals surface area contributed by atoms with Crippen molar-refractivity contribution in [2.45, 2.75) is 26.7 Å². The number of hydrogen-bond donors (Lipinski definition) is 1. The number of nitrogens with one attached hydrogen (secondary N) is 1. The Bertz CT molecular complexity index is 602. The number of anilines is 1. The summed E-state index contributed by atoms with van der Waals surface area (Å²) in [7, 11) is 1.73. The van der Waals surface area contributed by atoms with Crippen LogP contribution >= 0.6 is 0 Å². The van der Waals surface area contributed by atoms with Crippen molar-refractivity contribution in [2.24, 2.45) is 0 Å². The first kappa shape index (κ1) is 15.0. The van der Waals surface area contributed by atoms with Crippen molar-refractivity contribution in [1.29, 1.82) is 0 Å². The van der Waals surface area contributed by atoms with E-state index in [0.29, 0.717) is 24.2 Å². The first-order valence-electron chi connectivity index (χ1n) is 6.96. The van der Waals surface area contributed by atoms with Gasteiger partial charge in [0.2, 0.25) is 5.95 Å². The smallest absolute Gasteiger partial charge is 0.330 e. The number of ether oxygens (including phenoxy) is 2. The number of benzene rings is 1. The zero-order valence-electron chi connectivity index (χ0n) is 12.8. The Kier molecular flexibility index (Phi) is 4.92. The highest BCUT2D eigenvalue weighted by atomic mass is 16.5. The second-order valence-electron chi connectivity index (χ2n) is 4.74. The molecule has 0 radical (unpaired) electrons. The van der Waals surface area contributed by atoms with Crippen LogP contribution in [0.3, 0.4) is 0 Å². The summed E-state index contributed by atoms with van der Waals surface area (Å²) >= 11 is 0.